The first-order valence-electron chi connectivity index (χ1n) is 19.9. The summed E-state index contributed by atoms with van der Waals surface area (Å²) >= 11 is 0. The largest absolute Gasteiger partial charge is 0.379 e. The van der Waals surface area contributed by atoms with E-state index in [-0.39, 0.29) is 65.5 Å². The maximum Gasteiger partial charge on any atom is 0.245 e. The summed E-state index contributed by atoms with van der Waals surface area (Å²) in [6.07, 6.45) is 1.30. The lowest BCUT2D eigenvalue weighted by atomic mass is 9.89. The van der Waals surface area contributed by atoms with Crippen molar-refractivity contribution in [2.75, 3.05) is 34.9 Å². The third kappa shape index (κ3) is 12.3. The number of nitrogens with one attached hydrogen (secondary N) is 3. The molecule has 1 heterocycles. The van der Waals surface area contributed by atoms with E-state index in [9.17, 15) is 24.0 Å². The van der Waals surface area contributed by atoms with Gasteiger partial charge in [-0.2, -0.15) is 0 Å². The maximum atomic E-state index is 14.2. The third-order valence-electron chi connectivity index (χ3n) is 11.3. The molecule has 1 aliphatic rings. The minimum atomic E-state index is -0.766. The molecule has 2 rings (SSSR count). The SMILES string of the molecule is CC[C@H](C)C([C@@H](CC(=O)N1CCC[C@H]1[C@H](OC)[C@@H](C)C(=O)N[C@@H](Cc1ccccc1)C(=O)C(C)C)OC)N(C)C(=O)[C@@H](NC(=O)[C@@H](NC)C(C)C)C(C)C. The Morgan fingerprint density at radius 2 is 1.48 bits per heavy atom. The van der Waals surface area contributed by atoms with Crippen LogP contribution in [0.5, 0.6) is 0 Å². The average Bonchev–Trinajstić information content (AvgIpc) is 3.62. The van der Waals surface area contributed by atoms with Gasteiger partial charge in [0.25, 0.3) is 0 Å². The van der Waals surface area contributed by atoms with Gasteiger partial charge in [-0.15, -0.1) is 0 Å². The fraction of sp³-hybridized carbons (Fsp3) is 0.738. The number of carbonyl (C=O) groups excluding carboxylic acids is 5. The Hall–Kier alpha value is -3.35. The van der Waals surface area contributed by atoms with Crippen LogP contribution >= 0.6 is 0 Å². The summed E-state index contributed by atoms with van der Waals surface area (Å²) in [6, 6.07) is 6.89. The number of likely N-dealkylation sites (tertiary alicyclic amines) is 1. The molecule has 4 amide bonds. The van der Waals surface area contributed by atoms with Gasteiger partial charge in [0, 0.05) is 33.7 Å². The van der Waals surface area contributed by atoms with Crippen LogP contribution in [0.2, 0.25) is 0 Å². The highest BCUT2D eigenvalue weighted by Gasteiger charge is 2.43. The number of likely N-dealkylation sites (N-methyl/N-ethyl adjacent to an activating group) is 2. The van der Waals surface area contributed by atoms with Gasteiger partial charge in [0.15, 0.2) is 5.78 Å². The number of amides is 4. The number of hydrogen-bond donors (Lipinski definition) is 3. The second-order valence-corrected chi connectivity index (χ2v) is 16.1. The van der Waals surface area contributed by atoms with Gasteiger partial charge in [0.1, 0.15) is 6.04 Å². The van der Waals surface area contributed by atoms with Gasteiger partial charge in [0.05, 0.1) is 48.7 Å². The molecule has 0 aromatic heterocycles. The zero-order chi connectivity index (χ0) is 40.9. The van der Waals surface area contributed by atoms with Gasteiger partial charge in [-0.3, -0.25) is 24.0 Å². The predicted octanol–water partition coefficient (Wildman–Crippen LogP) is 4.24. The molecule has 1 aliphatic heterocycles. The number of ketones is 1. The van der Waals surface area contributed by atoms with Crippen LogP contribution in [0.3, 0.4) is 0 Å². The third-order valence-corrected chi connectivity index (χ3v) is 11.3. The van der Waals surface area contributed by atoms with E-state index in [1.54, 1.807) is 45.0 Å². The molecule has 3 N–H and O–H groups in total. The van der Waals surface area contributed by atoms with E-state index in [0.29, 0.717) is 19.4 Å². The number of methoxy groups -OCH3 is 2. The zero-order valence-electron chi connectivity index (χ0n) is 35.3. The Kier molecular flexibility index (Phi) is 19.3. The second kappa shape index (κ2) is 22.3. The Morgan fingerprint density at radius 1 is 0.870 bits per heavy atom. The Bertz CT molecular complexity index is 1360. The summed E-state index contributed by atoms with van der Waals surface area (Å²) in [5.74, 6) is -2.05. The molecular weight excluding hydrogens is 686 g/mol. The number of Topliss-reactive ketones (excluding diaryl/α,β-unsaturated/α-hetero) is 1. The Balaban J connectivity index is 2.29. The fourth-order valence-electron chi connectivity index (χ4n) is 7.83. The number of rotatable bonds is 22. The van der Waals surface area contributed by atoms with Gasteiger partial charge in [-0.25, -0.2) is 0 Å². The quantitative estimate of drug-likeness (QED) is 0.159. The molecule has 1 fully saturated rings. The Labute approximate surface area is 325 Å². The van der Waals surface area contributed by atoms with Crippen molar-refractivity contribution in [1.29, 1.82) is 0 Å². The van der Waals surface area contributed by atoms with Crippen molar-refractivity contribution in [3.63, 3.8) is 0 Å². The molecule has 1 saturated heterocycles. The lowest BCUT2D eigenvalue weighted by Gasteiger charge is -2.41. The average molecular weight is 758 g/mol. The van der Waals surface area contributed by atoms with Crippen LogP contribution in [0.4, 0.5) is 0 Å². The fourth-order valence-corrected chi connectivity index (χ4v) is 7.83. The number of carbonyl (C=O) groups is 5. The van der Waals surface area contributed by atoms with Crippen molar-refractivity contribution >= 4 is 29.4 Å². The van der Waals surface area contributed by atoms with Gasteiger partial charge >= 0.3 is 0 Å². The molecule has 1 unspecified atom stereocenters. The smallest absolute Gasteiger partial charge is 0.245 e. The van der Waals surface area contributed by atoms with E-state index in [2.05, 4.69) is 16.0 Å². The molecule has 0 bridgehead atoms. The molecule has 54 heavy (non-hydrogen) atoms. The van der Waals surface area contributed by atoms with Gasteiger partial charge in [-0.1, -0.05) is 99.1 Å². The monoisotopic (exact) mass is 758 g/mol. The predicted molar refractivity (Wildman–Crippen MR) is 212 cm³/mol. The van der Waals surface area contributed by atoms with Crippen LogP contribution in [-0.4, -0.2) is 116 Å². The van der Waals surface area contributed by atoms with E-state index in [1.165, 1.54) is 0 Å². The highest BCUT2D eigenvalue weighted by molar-refractivity contribution is 5.91. The first-order chi connectivity index (χ1) is 25.4. The second-order valence-electron chi connectivity index (χ2n) is 16.1. The Morgan fingerprint density at radius 3 is 1.98 bits per heavy atom. The number of hydrogen-bond acceptors (Lipinski definition) is 8. The summed E-state index contributed by atoms with van der Waals surface area (Å²) < 4.78 is 12.0. The minimum Gasteiger partial charge on any atom is -0.379 e. The molecule has 0 saturated carbocycles. The molecular formula is C42H71N5O7. The first-order valence-corrected chi connectivity index (χ1v) is 19.9. The molecule has 0 radical (unpaired) electrons. The van der Waals surface area contributed by atoms with Crippen molar-refractivity contribution < 1.29 is 33.4 Å². The lowest BCUT2D eigenvalue weighted by molar-refractivity contribution is -0.148. The van der Waals surface area contributed by atoms with E-state index < -0.39 is 42.3 Å². The van der Waals surface area contributed by atoms with Crippen molar-refractivity contribution in [2.24, 2.45) is 29.6 Å². The number of nitrogens with zero attached hydrogens (tertiary/aromatic N) is 2. The number of benzene rings is 1. The topological polar surface area (TPSA) is 146 Å². The zero-order valence-corrected chi connectivity index (χ0v) is 35.3. The van der Waals surface area contributed by atoms with E-state index >= 15 is 0 Å². The summed E-state index contributed by atoms with van der Waals surface area (Å²) in [6.45, 7) is 17.7. The van der Waals surface area contributed by atoms with Crippen LogP contribution in [0.25, 0.3) is 0 Å². The van der Waals surface area contributed by atoms with Crippen molar-refractivity contribution in [1.82, 2.24) is 25.8 Å². The molecule has 9 atom stereocenters. The van der Waals surface area contributed by atoms with E-state index in [1.807, 2.05) is 85.7 Å². The summed E-state index contributed by atoms with van der Waals surface area (Å²) in [4.78, 5) is 72.1. The minimum absolute atomic E-state index is 0.0204. The molecule has 0 aliphatic carbocycles. The molecule has 12 nitrogen and oxygen atoms in total. The molecule has 0 spiro atoms. The van der Waals surface area contributed by atoms with E-state index in [0.717, 1.165) is 18.4 Å². The number of ether oxygens (including phenoxy) is 2. The van der Waals surface area contributed by atoms with Crippen molar-refractivity contribution in [3.05, 3.63) is 35.9 Å². The van der Waals surface area contributed by atoms with Gasteiger partial charge < -0.3 is 35.2 Å². The van der Waals surface area contributed by atoms with Crippen LogP contribution in [0, 0.1) is 29.6 Å². The van der Waals surface area contributed by atoms with Crippen LogP contribution in [-0.2, 0) is 39.9 Å². The van der Waals surface area contributed by atoms with Gasteiger partial charge in [0.2, 0.25) is 23.6 Å². The van der Waals surface area contributed by atoms with E-state index in [4.69, 9.17) is 9.47 Å². The summed E-state index contributed by atoms with van der Waals surface area (Å²) in [7, 11) is 6.57. The highest BCUT2D eigenvalue weighted by atomic mass is 16.5. The molecule has 1 aromatic carbocycles. The summed E-state index contributed by atoms with van der Waals surface area (Å²) in [5, 5.41) is 9.05. The summed E-state index contributed by atoms with van der Waals surface area (Å²) in [5.41, 5.74) is 0.953. The molecule has 306 valence electrons. The van der Waals surface area contributed by atoms with Crippen LogP contribution in [0.1, 0.15) is 93.6 Å². The first kappa shape index (κ1) is 46.8. The standard InChI is InChI=1S/C42H71N5O7/c1-14-28(8)37(46(11)42(52)36(26(4)5)45-41(51)35(43-10)25(2)3)33(53-12)24-34(48)47-22-18-21-32(47)39(54-13)29(9)40(50)44-31(38(49)27(6)7)23-30-19-16-15-17-20-30/h15-17,19-20,25-29,31-33,35-37,39,43H,14,18,21-24H2,1-13H3,(H,44,50)(H,45,51)/t28-,29+,31-,32-,33+,35-,36-,37?,39+/m0/s1. The normalized spacial score (nSPS) is 19.1. The van der Waals surface area contributed by atoms with Crippen LogP contribution < -0.4 is 16.0 Å². The molecule has 1 aromatic rings. The van der Waals surface area contributed by atoms with Crippen molar-refractivity contribution in [3.8, 4) is 0 Å². The maximum absolute atomic E-state index is 14.2. The van der Waals surface area contributed by atoms with Crippen molar-refractivity contribution in [2.45, 2.75) is 137 Å². The molecule has 12 heteroatoms. The van der Waals surface area contributed by atoms with Gasteiger partial charge in [-0.05, 0) is 49.6 Å². The highest BCUT2D eigenvalue weighted by Crippen LogP contribution is 2.30. The lowest BCUT2D eigenvalue weighted by Crippen LogP contribution is -2.59. The van der Waals surface area contributed by atoms with Crippen LogP contribution in [0.15, 0.2) is 30.3 Å².